The van der Waals surface area contributed by atoms with E-state index in [0.29, 0.717) is 38.3 Å². The largest absolute Gasteiger partial charge is 0.445 e. The second kappa shape index (κ2) is 15.7. The minimum Gasteiger partial charge on any atom is -0.445 e. The number of hydrogen-bond acceptors (Lipinski definition) is 6. The number of benzene rings is 2. The third-order valence-corrected chi connectivity index (χ3v) is 7.41. The summed E-state index contributed by atoms with van der Waals surface area (Å²) in [7, 11) is 0. The fourth-order valence-electron chi connectivity index (χ4n) is 5.05. The molecular weight excluding hydrogens is 532 g/mol. The van der Waals surface area contributed by atoms with Crippen LogP contribution >= 0.6 is 0 Å². The number of rotatable bonds is 13. The molecule has 2 aromatic rings. The maximum atomic E-state index is 13.7. The van der Waals surface area contributed by atoms with E-state index in [0.717, 1.165) is 17.7 Å². The average Bonchev–Trinajstić information content (AvgIpc) is 3.45. The number of carbonyl (C=O) groups excluding carboxylic acids is 3. The minimum absolute atomic E-state index is 0.120. The molecule has 1 heterocycles. The summed E-state index contributed by atoms with van der Waals surface area (Å²) in [4.78, 5) is 41.6. The molecule has 1 aliphatic heterocycles. The first-order valence-corrected chi connectivity index (χ1v) is 15.0. The fourth-order valence-corrected chi connectivity index (χ4v) is 5.05. The molecule has 4 N–H and O–H groups in total. The SMILES string of the molecule is CC(C)CNC[C@@H](O)[C@H](Cc1ccccc1)NC(=O)[C@@H](NC(=O)[C@@H]1CCCN1C(=O)OCc1ccccc1)C(C)(C)C. The summed E-state index contributed by atoms with van der Waals surface area (Å²) < 4.78 is 5.49. The van der Waals surface area contributed by atoms with Gasteiger partial charge in [-0.25, -0.2) is 4.79 Å². The third kappa shape index (κ3) is 10.1. The van der Waals surface area contributed by atoms with Gasteiger partial charge in [0.1, 0.15) is 18.7 Å². The van der Waals surface area contributed by atoms with Crippen LogP contribution in [0.15, 0.2) is 60.7 Å². The van der Waals surface area contributed by atoms with Crippen molar-refractivity contribution < 1.29 is 24.2 Å². The van der Waals surface area contributed by atoms with Gasteiger partial charge in [0, 0.05) is 13.1 Å². The van der Waals surface area contributed by atoms with E-state index in [2.05, 4.69) is 29.8 Å². The topological polar surface area (TPSA) is 120 Å². The Hall–Kier alpha value is -3.43. The molecule has 3 amide bonds. The molecule has 0 aromatic heterocycles. The number of carbonyl (C=O) groups is 3. The Morgan fingerprint density at radius 3 is 2.17 bits per heavy atom. The van der Waals surface area contributed by atoms with Gasteiger partial charge in [-0.2, -0.15) is 0 Å². The summed E-state index contributed by atoms with van der Waals surface area (Å²) in [6.45, 7) is 11.4. The second-order valence-corrected chi connectivity index (χ2v) is 12.6. The third-order valence-electron chi connectivity index (χ3n) is 7.41. The normalized spacial score (nSPS) is 17.4. The van der Waals surface area contributed by atoms with Crippen LogP contribution in [0.1, 0.15) is 58.6 Å². The van der Waals surface area contributed by atoms with Crippen LogP contribution in [0.2, 0.25) is 0 Å². The van der Waals surface area contributed by atoms with E-state index in [-0.39, 0.29) is 12.5 Å². The van der Waals surface area contributed by atoms with Crippen LogP contribution in [0, 0.1) is 11.3 Å². The summed E-state index contributed by atoms with van der Waals surface area (Å²) in [5.41, 5.74) is 1.22. The molecule has 3 rings (SSSR count). The number of nitrogens with zero attached hydrogens (tertiary/aromatic N) is 1. The Kier molecular flexibility index (Phi) is 12.4. The van der Waals surface area contributed by atoms with Gasteiger partial charge in [-0.05, 0) is 48.3 Å². The predicted molar refractivity (Wildman–Crippen MR) is 164 cm³/mol. The van der Waals surface area contributed by atoms with Gasteiger partial charge in [0.05, 0.1) is 12.1 Å². The zero-order chi connectivity index (χ0) is 30.7. The van der Waals surface area contributed by atoms with E-state index in [9.17, 15) is 19.5 Å². The molecule has 9 heteroatoms. The Bertz CT molecular complexity index is 1140. The molecule has 4 atom stereocenters. The number of aliphatic hydroxyl groups is 1. The Morgan fingerprint density at radius 1 is 0.952 bits per heavy atom. The van der Waals surface area contributed by atoms with Crippen molar-refractivity contribution in [1.82, 2.24) is 20.9 Å². The van der Waals surface area contributed by atoms with E-state index in [1.165, 1.54) is 4.90 Å². The van der Waals surface area contributed by atoms with Gasteiger partial charge in [-0.1, -0.05) is 95.3 Å². The van der Waals surface area contributed by atoms with Crippen LogP contribution in [0.25, 0.3) is 0 Å². The van der Waals surface area contributed by atoms with Crippen LogP contribution in [-0.4, -0.2) is 71.8 Å². The molecule has 0 spiro atoms. The highest BCUT2D eigenvalue weighted by atomic mass is 16.6. The minimum atomic E-state index is -0.887. The van der Waals surface area contributed by atoms with Crippen LogP contribution < -0.4 is 16.0 Å². The van der Waals surface area contributed by atoms with Gasteiger partial charge >= 0.3 is 6.09 Å². The number of ether oxygens (including phenoxy) is 1. The average molecular weight is 581 g/mol. The van der Waals surface area contributed by atoms with Gasteiger partial charge in [-0.3, -0.25) is 14.5 Å². The zero-order valence-corrected chi connectivity index (χ0v) is 25.6. The molecule has 1 fully saturated rings. The van der Waals surface area contributed by atoms with Crippen LogP contribution in [0.3, 0.4) is 0 Å². The van der Waals surface area contributed by atoms with Crippen molar-refractivity contribution in [3.63, 3.8) is 0 Å². The number of aliphatic hydroxyl groups excluding tert-OH is 1. The number of likely N-dealkylation sites (tertiary alicyclic amines) is 1. The maximum Gasteiger partial charge on any atom is 0.410 e. The van der Waals surface area contributed by atoms with Crippen molar-refractivity contribution in [2.45, 2.75) is 84.7 Å². The molecule has 9 nitrogen and oxygen atoms in total. The monoisotopic (exact) mass is 580 g/mol. The number of nitrogens with one attached hydrogen (secondary N) is 3. The van der Waals surface area contributed by atoms with Crippen molar-refractivity contribution in [2.75, 3.05) is 19.6 Å². The Balaban J connectivity index is 1.68. The summed E-state index contributed by atoms with van der Waals surface area (Å²) in [6.07, 6.45) is 0.203. The molecular formula is C33H48N4O5. The standard InChI is InChI=1S/C33H48N4O5/c1-23(2)20-34-21-28(38)26(19-24-13-8-6-9-14-24)35-31(40)29(33(3,4)5)36-30(39)27-17-12-18-37(27)32(41)42-22-25-15-10-7-11-16-25/h6-11,13-16,23,26-29,34,38H,12,17-22H2,1-5H3,(H,35,40)(H,36,39)/t26-,27-,28+,29+/m0/s1. The lowest BCUT2D eigenvalue weighted by molar-refractivity contribution is -0.134. The van der Waals surface area contributed by atoms with E-state index < -0.39 is 41.6 Å². The summed E-state index contributed by atoms with van der Waals surface area (Å²) in [6, 6.07) is 16.9. The zero-order valence-electron chi connectivity index (χ0n) is 25.6. The molecule has 42 heavy (non-hydrogen) atoms. The van der Waals surface area contributed by atoms with Gasteiger partial charge < -0.3 is 25.8 Å². The Morgan fingerprint density at radius 2 is 1.57 bits per heavy atom. The molecule has 1 saturated heterocycles. The van der Waals surface area contributed by atoms with Gasteiger partial charge in [0.2, 0.25) is 11.8 Å². The van der Waals surface area contributed by atoms with Crippen molar-refractivity contribution in [1.29, 1.82) is 0 Å². The highest BCUT2D eigenvalue weighted by molar-refractivity contribution is 5.92. The van der Waals surface area contributed by atoms with E-state index >= 15 is 0 Å². The highest BCUT2D eigenvalue weighted by Crippen LogP contribution is 2.23. The molecule has 1 aliphatic rings. The summed E-state index contributed by atoms with van der Waals surface area (Å²) >= 11 is 0. The summed E-state index contributed by atoms with van der Waals surface area (Å²) in [5.74, 6) is -0.348. The van der Waals surface area contributed by atoms with Gasteiger partial charge in [-0.15, -0.1) is 0 Å². The van der Waals surface area contributed by atoms with E-state index in [1.54, 1.807) is 0 Å². The first kappa shape index (κ1) is 33.1. The van der Waals surface area contributed by atoms with Crippen LogP contribution in [-0.2, 0) is 27.4 Å². The van der Waals surface area contributed by atoms with Gasteiger partial charge in [0.15, 0.2) is 0 Å². The first-order chi connectivity index (χ1) is 20.0. The highest BCUT2D eigenvalue weighted by Gasteiger charge is 2.40. The predicted octanol–water partition coefficient (Wildman–Crippen LogP) is 3.65. The Labute approximate surface area is 250 Å². The lowest BCUT2D eigenvalue weighted by Crippen LogP contribution is -2.60. The van der Waals surface area contributed by atoms with Crippen molar-refractivity contribution in [3.05, 3.63) is 71.8 Å². The molecule has 230 valence electrons. The number of hydrogen-bond donors (Lipinski definition) is 4. The molecule has 2 aromatic carbocycles. The maximum absolute atomic E-state index is 13.7. The van der Waals surface area contributed by atoms with Crippen molar-refractivity contribution >= 4 is 17.9 Å². The molecule has 0 radical (unpaired) electrons. The van der Waals surface area contributed by atoms with Crippen molar-refractivity contribution in [3.8, 4) is 0 Å². The quantitative estimate of drug-likeness (QED) is 0.287. The van der Waals surface area contributed by atoms with E-state index in [1.807, 2.05) is 81.4 Å². The molecule has 0 aliphatic carbocycles. The van der Waals surface area contributed by atoms with E-state index in [4.69, 9.17) is 4.74 Å². The molecule has 0 bridgehead atoms. The lowest BCUT2D eigenvalue weighted by Gasteiger charge is -2.34. The molecule has 0 saturated carbocycles. The summed E-state index contributed by atoms with van der Waals surface area (Å²) in [5, 5.41) is 20.3. The fraction of sp³-hybridized carbons (Fsp3) is 0.545. The first-order valence-electron chi connectivity index (χ1n) is 15.0. The van der Waals surface area contributed by atoms with Crippen LogP contribution in [0.5, 0.6) is 0 Å². The van der Waals surface area contributed by atoms with Crippen LogP contribution in [0.4, 0.5) is 4.79 Å². The molecule has 0 unspecified atom stereocenters. The lowest BCUT2D eigenvalue weighted by atomic mass is 9.85. The van der Waals surface area contributed by atoms with Gasteiger partial charge in [0.25, 0.3) is 0 Å². The van der Waals surface area contributed by atoms with Crippen molar-refractivity contribution in [2.24, 2.45) is 11.3 Å². The number of amides is 3. The second-order valence-electron chi connectivity index (χ2n) is 12.6. The smallest absolute Gasteiger partial charge is 0.410 e.